The number of halogens is 1. The Morgan fingerprint density at radius 2 is 2.33 bits per heavy atom. The van der Waals surface area contributed by atoms with Gasteiger partial charge in [-0.2, -0.15) is 5.10 Å². The number of rotatable bonds is 3. The molecule has 1 heterocycles. The lowest BCUT2D eigenvalue weighted by molar-refractivity contribution is 0.300. The molecule has 0 aliphatic carbocycles. The van der Waals surface area contributed by atoms with Crippen molar-refractivity contribution in [2.75, 3.05) is 6.54 Å². The summed E-state index contributed by atoms with van der Waals surface area (Å²) in [6, 6.07) is 0. The third-order valence-electron chi connectivity index (χ3n) is 1.93. The first-order chi connectivity index (χ1) is 5.56. The zero-order valence-corrected chi connectivity index (χ0v) is 9.00. The van der Waals surface area contributed by atoms with Gasteiger partial charge in [-0.15, -0.1) is 0 Å². The molecule has 0 aliphatic rings. The lowest BCUT2D eigenvalue weighted by atomic mass is 10.0. The van der Waals surface area contributed by atoms with Crippen molar-refractivity contribution in [3.63, 3.8) is 0 Å². The largest absolute Gasteiger partial charge is 0.330 e. The van der Waals surface area contributed by atoms with Crippen molar-refractivity contribution in [2.45, 2.75) is 25.8 Å². The SMILES string of the molecule is CC(C)(CCN)n1cc(Br)cn1. The van der Waals surface area contributed by atoms with Gasteiger partial charge < -0.3 is 5.73 Å². The van der Waals surface area contributed by atoms with Crippen LogP contribution in [0.1, 0.15) is 20.3 Å². The summed E-state index contributed by atoms with van der Waals surface area (Å²) in [7, 11) is 0. The van der Waals surface area contributed by atoms with E-state index in [4.69, 9.17) is 5.73 Å². The number of hydrogen-bond acceptors (Lipinski definition) is 2. The van der Waals surface area contributed by atoms with Crippen LogP contribution in [-0.2, 0) is 5.54 Å². The maximum absolute atomic E-state index is 5.51. The molecule has 0 radical (unpaired) electrons. The van der Waals surface area contributed by atoms with Crippen molar-refractivity contribution in [1.29, 1.82) is 0 Å². The summed E-state index contributed by atoms with van der Waals surface area (Å²) in [6.45, 7) is 4.93. The second-order valence-electron chi connectivity index (χ2n) is 3.45. The highest BCUT2D eigenvalue weighted by molar-refractivity contribution is 9.10. The van der Waals surface area contributed by atoms with Gasteiger partial charge in [0, 0.05) is 6.20 Å². The highest BCUT2D eigenvalue weighted by Crippen LogP contribution is 2.19. The molecule has 12 heavy (non-hydrogen) atoms. The Kier molecular flexibility index (Phi) is 2.90. The Morgan fingerprint density at radius 1 is 1.67 bits per heavy atom. The van der Waals surface area contributed by atoms with Crippen LogP contribution in [0.25, 0.3) is 0 Å². The third kappa shape index (κ3) is 2.08. The highest BCUT2D eigenvalue weighted by atomic mass is 79.9. The summed E-state index contributed by atoms with van der Waals surface area (Å²) >= 11 is 3.36. The quantitative estimate of drug-likeness (QED) is 0.862. The minimum atomic E-state index is 0.0147. The Morgan fingerprint density at radius 3 is 2.75 bits per heavy atom. The van der Waals surface area contributed by atoms with E-state index in [1.807, 2.05) is 10.9 Å². The van der Waals surface area contributed by atoms with E-state index in [0.29, 0.717) is 6.54 Å². The molecule has 0 aliphatic heterocycles. The maximum Gasteiger partial charge on any atom is 0.0632 e. The van der Waals surface area contributed by atoms with Crippen LogP contribution in [-0.4, -0.2) is 16.3 Å². The summed E-state index contributed by atoms with van der Waals surface area (Å²) in [6.07, 6.45) is 4.69. The highest BCUT2D eigenvalue weighted by Gasteiger charge is 2.19. The summed E-state index contributed by atoms with van der Waals surface area (Å²) < 4.78 is 2.94. The molecule has 1 aromatic rings. The van der Waals surface area contributed by atoms with E-state index in [-0.39, 0.29) is 5.54 Å². The van der Waals surface area contributed by atoms with Gasteiger partial charge in [-0.1, -0.05) is 0 Å². The Labute approximate surface area is 81.1 Å². The van der Waals surface area contributed by atoms with Gasteiger partial charge in [0.1, 0.15) is 0 Å². The van der Waals surface area contributed by atoms with Gasteiger partial charge in [0.15, 0.2) is 0 Å². The van der Waals surface area contributed by atoms with Crippen molar-refractivity contribution in [3.05, 3.63) is 16.9 Å². The fraction of sp³-hybridized carbons (Fsp3) is 0.625. The van der Waals surface area contributed by atoms with Crippen LogP contribution < -0.4 is 5.73 Å². The van der Waals surface area contributed by atoms with E-state index in [0.717, 1.165) is 10.9 Å². The molecule has 3 nitrogen and oxygen atoms in total. The summed E-state index contributed by atoms with van der Waals surface area (Å²) in [4.78, 5) is 0. The lowest BCUT2D eigenvalue weighted by Gasteiger charge is -2.24. The van der Waals surface area contributed by atoms with Crippen LogP contribution in [0.5, 0.6) is 0 Å². The predicted molar refractivity (Wildman–Crippen MR) is 52.9 cm³/mol. The molecule has 0 fully saturated rings. The van der Waals surface area contributed by atoms with Crippen LogP contribution in [0.4, 0.5) is 0 Å². The third-order valence-corrected chi connectivity index (χ3v) is 2.34. The summed E-state index contributed by atoms with van der Waals surface area (Å²) in [5.74, 6) is 0. The lowest BCUT2D eigenvalue weighted by Crippen LogP contribution is -2.29. The minimum absolute atomic E-state index is 0.0147. The van der Waals surface area contributed by atoms with Crippen molar-refractivity contribution in [3.8, 4) is 0 Å². The van der Waals surface area contributed by atoms with E-state index in [2.05, 4.69) is 34.9 Å². The van der Waals surface area contributed by atoms with Crippen LogP contribution in [0.2, 0.25) is 0 Å². The standard InChI is InChI=1S/C8H14BrN3/c1-8(2,3-4-10)12-6-7(9)5-11-12/h5-6H,3-4,10H2,1-2H3. The Balaban J connectivity index is 2.81. The molecule has 0 spiro atoms. The molecule has 0 aromatic carbocycles. The van der Waals surface area contributed by atoms with Gasteiger partial charge in [0.05, 0.1) is 16.2 Å². The molecule has 0 amide bonds. The van der Waals surface area contributed by atoms with E-state index >= 15 is 0 Å². The smallest absolute Gasteiger partial charge is 0.0632 e. The van der Waals surface area contributed by atoms with E-state index in [1.54, 1.807) is 6.20 Å². The van der Waals surface area contributed by atoms with Crippen LogP contribution >= 0.6 is 15.9 Å². The molecule has 4 heteroatoms. The van der Waals surface area contributed by atoms with Crippen molar-refractivity contribution >= 4 is 15.9 Å². The number of nitrogens with two attached hydrogens (primary N) is 1. The molecule has 68 valence electrons. The minimum Gasteiger partial charge on any atom is -0.330 e. The summed E-state index contributed by atoms with van der Waals surface area (Å²) in [5.41, 5.74) is 5.52. The second kappa shape index (κ2) is 3.58. The zero-order valence-electron chi connectivity index (χ0n) is 7.42. The summed E-state index contributed by atoms with van der Waals surface area (Å²) in [5, 5.41) is 4.22. The zero-order chi connectivity index (χ0) is 9.19. The van der Waals surface area contributed by atoms with Crippen LogP contribution in [0.3, 0.4) is 0 Å². The van der Waals surface area contributed by atoms with Gasteiger partial charge in [0.2, 0.25) is 0 Å². The van der Waals surface area contributed by atoms with Crippen LogP contribution in [0, 0.1) is 0 Å². The normalized spacial score (nSPS) is 12.0. The molecular formula is C8H14BrN3. The number of nitrogens with zero attached hydrogens (tertiary/aromatic N) is 2. The van der Waals surface area contributed by atoms with Crippen LogP contribution in [0.15, 0.2) is 16.9 Å². The number of hydrogen-bond donors (Lipinski definition) is 1. The first kappa shape index (κ1) is 9.74. The molecule has 0 atom stereocenters. The molecule has 2 N–H and O–H groups in total. The van der Waals surface area contributed by atoms with Gasteiger partial charge in [0.25, 0.3) is 0 Å². The van der Waals surface area contributed by atoms with E-state index < -0.39 is 0 Å². The topological polar surface area (TPSA) is 43.8 Å². The fourth-order valence-corrected chi connectivity index (χ4v) is 1.39. The maximum atomic E-state index is 5.51. The molecule has 0 unspecified atom stereocenters. The number of aromatic nitrogens is 2. The van der Waals surface area contributed by atoms with Gasteiger partial charge in [-0.25, -0.2) is 0 Å². The first-order valence-corrected chi connectivity index (χ1v) is 4.76. The second-order valence-corrected chi connectivity index (χ2v) is 4.37. The van der Waals surface area contributed by atoms with E-state index in [9.17, 15) is 0 Å². The molecule has 0 bridgehead atoms. The Bertz CT molecular complexity index is 255. The van der Waals surface area contributed by atoms with Gasteiger partial charge >= 0.3 is 0 Å². The van der Waals surface area contributed by atoms with E-state index in [1.165, 1.54) is 0 Å². The average molecular weight is 232 g/mol. The first-order valence-electron chi connectivity index (χ1n) is 3.97. The predicted octanol–water partition coefficient (Wildman–Crippen LogP) is 1.73. The molecular weight excluding hydrogens is 218 g/mol. The molecule has 0 saturated heterocycles. The molecule has 0 saturated carbocycles. The van der Waals surface area contributed by atoms with Crippen molar-refractivity contribution in [2.24, 2.45) is 5.73 Å². The van der Waals surface area contributed by atoms with Crippen molar-refractivity contribution < 1.29 is 0 Å². The van der Waals surface area contributed by atoms with Gasteiger partial charge in [-0.05, 0) is 42.7 Å². The molecule has 1 aromatic heterocycles. The monoisotopic (exact) mass is 231 g/mol. The molecule has 1 rings (SSSR count). The average Bonchev–Trinajstić information content (AvgIpc) is 2.36. The Hall–Kier alpha value is -0.350. The van der Waals surface area contributed by atoms with Crippen molar-refractivity contribution in [1.82, 2.24) is 9.78 Å². The fourth-order valence-electron chi connectivity index (χ4n) is 1.10. The van der Waals surface area contributed by atoms with Gasteiger partial charge in [-0.3, -0.25) is 4.68 Å².